The van der Waals surface area contributed by atoms with Crippen LogP contribution in [0.4, 0.5) is 5.69 Å². The molecular formula is C17H18Br2N2. The van der Waals surface area contributed by atoms with Crippen molar-refractivity contribution in [2.24, 2.45) is 0 Å². The molecule has 0 aromatic heterocycles. The zero-order valence-electron chi connectivity index (χ0n) is 11.7. The van der Waals surface area contributed by atoms with Crippen LogP contribution in [-0.2, 0) is 6.54 Å². The van der Waals surface area contributed by atoms with Crippen molar-refractivity contribution in [2.45, 2.75) is 19.0 Å². The molecule has 0 aliphatic carbocycles. The first kappa shape index (κ1) is 15.1. The SMILES string of the molecule is Brc1cccc(Br)c1NC1CCN(Cc2ccccc2)C1. The highest BCUT2D eigenvalue weighted by atomic mass is 79.9. The molecule has 0 saturated carbocycles. The molecule has 1 unspecified atom stereocenters. The lowest BCUT2D eigenvalue weighted by Gasteiger charge is -2.19. The molecule has 1 heterocycles. The van der Waals surface area contributed by atoms with Gasteiger partial charge in [-0.05, 0) is 56.0 Å². The van der Waals surface area contributed by atoms with Crippen molar-refractivity contribution >= 4 is 37.5 Å². The lowest BCUT2D eigenvalue weighted by molar-refractivity contribution is 0.328. The Hall–Kier alpha value is -0.840. The van der Waals surface area contributed by atoms with Crippen LogP contribution in [0, 0.1) is 0 Å². The second-order valence-corrected chi connectivity index (χ2v) is 7.16. The van der Waals surface area contributed by atoms with E-state index in [1.54, 1.807) is 0 Å². The first-order valence-corrected chi connectivity index (χ1v) is 8.78. The number of halogens is 2. The summed E-state index contributed by atoms with van der Waals surface area (Å²) in [5.74, 6) is 0. The van der Waals surface area contributed by atoms with Gasteiger partial charge in [0, 0.05) is 34.6 Å². The third kappa shape index (κ3) is 3.87. The first-order valence-electron chi connectivity index (χ1n) is 7.19. The molecule has 1 fully saturated rings. The largest absolute Gasteiger partial charge is 0.379 e. The number of benzene rings is 2. The van der Waals surface area contributed by atoms with Crippen LogP contribution in [-0.4, -0.2) is 24.0 Å². The molecule has 1 N–H and O–H groups in total. The van der Waals surface area contributed by atoms with Crippen molar-refractivity contribution in [1.82, 2.24) is 4.90 Å². The summed E-state index contributed by atoms with van der Waals surface area (Å²) in [5.41, 5.74) is 2.55. The Kier molecular flexibility index (Phi) is 4.99. The van der Waals surface area contributed by atoms with E-state index in [0.29, 0.717) is 6.04 Å². The number of nitrogens with zero attached hydrogens (tertiary/aromatic N) is 1. The molecule has 1 aliphatic heterocycles. The highest BCUT2D eigenvalue weighted by molar-refractivity contribution is 9.11. The Morgan fingerprint density at radius 1 is 1.00 bits per heavy atom. The summed E-state index contributed by atoms with van der Waals surface area (Å²) < 4.78 is 2.22. The van der Waals surface area contributed by atoms with E-state index in [0.717, 1.165) is 34.3 Å². The molecular weight excluding hydrogens is 392 g/mol. The van der Waals surface area contributed by atoms with Gasteiger partial charge in [0.2, 0.25) is 0 Å². The lowest BCUT2D eigenvalue weighted by Crippen LogP contribution is -2.26. The molecule has 0 spiro atoms. The predicted molar refractivity (Wildman–Crippen MR) is 95.6 cm³/mol. The summed E-state index contributed by atoms with van der Waals surface area (Å²) in [5, 5.41) is 3.66. The van der Waals surface area contributed by atoms with E-state index in [1.807, 2.05) is 6.07 Å². The van der Waals surface area contributed by atoms with E-state index in [4.69, 9.17) is 0 Å². The van der Waals surface area contributed by atoms with Crippen LogP contribution < -0.4 is 5.32 Å². The quantitative estimate of drug-likeness (QED) is 0.772. The number of hydrogen-bond donors (Lipinski definition) is 1. The summed E-state index contributed by atoms with van der Waals surface area (Å²) in [6.45, 7) is 3.27. The summed E-state index contributed by atoms with van der Waals surface area (Å²) >= 11 is 7.23. The summed E-state index contributed by atoms with van der Waals surface area (Å²) in [6, 6.07) is 17.4. The van der Waals surface area contributed by atoms with Gasteiger partial charge in [-0.15, -0.1) is 0 Å². The molecule has 3 rings (SSSR count). The first-order chi connectivity index (χ1) is 10.2. The minimum atomic E-state index is 0.503. The average molecular weight is 410 g/mol. The smallest absolute Gasteiger partial charge is 0.0631 e. The van der Waals surface area contributed by atoms with Gasteiger partial charge in [0.15, 0.2) is 0 Å². The van der Waals surface area contributed by atoms with Crippen LogP contribution in [0.2, 0.25) is 0 Å². The molecule has 2 aromatic rings. The van der Waals surface area contributed by atoms with Gasteiger partial charge in [-0.3, -0.25) is 4.90 Å². The number of rotatable bonds is 4. The third-order valence-electron chi connectivity index (χ3n) is 3.83. The number of anilines is 1. The van der Waals surface area contributed by atoms with Crippen molar-refractivity contribution in [3.05, 3.63) is 63.0 Å². The Labute approximate surface area is 142 Å². The molecule has 1 atom stereocenters. The van der Waals surface area contributed by atoms with E-state index in [1.165, 1.54) is 12.0 Å². The molecule has 1 saturated heterocycles. The molecule has 0 radical (unpaired) electrons. The van der Waals surface area contributed by atoms with Gasteiger partial charge >= 0.3 is 0 Å². The number of para-hydroxylation sites is 1. The van der Waals surface area contributed by atoms with Crippen LogP contribution in [0.25, 0.3) is 0 Å². The second-order valence-electron chi connectivity index (χ2n) is 5.45. The normalized spacial score (nSPS) is 18.9. The molecule has 21 heavy (non-hydrogen) atoms. The van der Waals surface area contributed by atoms with Crippen molar-refractivity contribution in [1.29, 1.82) is 0 Å². The Morgan fingerprint density at radius 3 is 2.43 bits per heavy atom. The van der Waals surface area contributed by atoms with E-state index >= 15 is 0 Å². The summed E-state index contributed by atoms with van der Waals surface area (Å²) in [7, 11) is 0. The zero-order chi connectivity index (χ0) is 14.7. The van der Waals surface area contributed by atoms with Gasteiger partial charge in [-0.1, -0.05) is 36.4 Å². The number of nitrogens with one attached hydrogen (secondary N) is 1. The van der Waals surface area contributed by atoms with E-state index in [2.05, 4.69) is 84.5 Å². The maximum Gasteiger partial charge on any atom is 0.0631 e. The zero-order valence-corrected chi connectivity index (χ0v) is 14.9. The minimum Gasteiger partial charge on any atom is -0.379 e. The second kappa shape index (κ2) is 6.95. The predicted octanol–water partition coefficient (Wildman–Crippen LogP) is 4.90. The summed E-state index contributed by atoms with van der Waals surface area (Å²) in [4.78, 5) is 2.51. The molecule has 2 nitrogen and oxygen atoms in total. The Bertz CT molecular complexity index is 581. The van der Waals surface area contributed by atoms with Crippen LogP contribution in [0.3, 0.4) is 0 Å². The summed E-state index contributed by atoms with van der Waals surface area (Å²) in [6.07, 6.45) is 1.18. The molecule has 4 heteroatoms. The van der Waals surface area contributed by atoms with Gasteiger partial charge in [-0.2, -0.15) is 0 Å². The van der Waals surface area contributed by atoms with Crippen molar-refractivity contribution < 1.29 is 0 Å². The topological polar surface area (TPSA) is 15.3 Å². The van der Waals surface area contributed by atoms with Crippen molar-refractivity contribution in [3.63, 3.8) is 0 Å². The average Bonchev–Trinajstić information content (AvgIpc) is 2.91. The van der Waals surface area contributed by atoms with Crippen molar-refractivity contribution in [2.75, 3.05) is 18.4 Å². The molecule has 0 amide bonds. The maximum absolute atomic E-state index is 3.66. The van der Waals surface area contributed by atoms with Gasteiger partial charge in [0.25, 0.3) is 0 Å². The maximum atomic E-state index is 3.66. The molecule has 2 aromatic carbocycles. The molecule has 0 bridgehead atoms. The van der Waals surface area contributed by atoms with Crippen LogP contribution >= 0.6 is 31.9 Å². The minimum absolute atomic E-state index is 0.503. The fourth-order valence-electron chi connectivity index (χ4n) is 2.78. The lowest BCUT2D eigenvalue weighted by atomic mass is 10.2. The fraction of sp³-hybridized carbons (Fsp3) is 0.294. The highest BCUT2D eigenvalue weighted by Crippen LogP contribution is 2.32. The van der Waals surface area contributed by atoms with E-state index < -0.39 is 0 Å². The van der Waals surface area contributed by atoms with Crippen LogP contribution in [0.5, 0.6) is 0 Å². The fourth-order valence-corrected chi connectivity index (χ4v) is 4.00. The monoisotopic (exact) mass is 408 g/mol. The number of likely N-dealkylation sites (tertiary alicyclic amines) is 1. The Morgan fingerprint density at radius 2 is 1.71 bits per heavy atom. The molecule has 110 valence electrons. The van der Waals surface area contributed by atoms with Gasteiger partial charge in [0.1, 0.15) is 0 Å². The standard InChI is InChI=1S/C17H18Br2N2/c18-15-7-4-8-16(19)17(15)20-14-9-10-21(12-14)11-13-5-2-1-3-6-13/h1-8,14,20H,9-12H2. The van der Waals surface area contributed by atoms with E-state index in [-0.39, 0.29) is 0 Å². The van der Waals surface area contributed by atoms with Crippen LogP contribution in [0.15, 0.2) is 57.5 Å². The third-order valence-corrected chi connectivity index (χ3v) is 5.15. The Balaban J connectivity index is 1.60. The van der Waals surface area contributed by atoms with Gasteiger partial charge in [-0.25, -0.2) is 0 Å². The van der Waals surface area contributed by atoms with Gasteiger partial charge < -0.3 is 5.32 Å². The number of hydrogen-bond acceptors (Lipinski definition) is 2. The van der Waals surface area contributed by atoms with Crippen molar-refractivity contribution in [3.8, 4) is 0 Å². The highest BCUT2D eigenvalue weighted by Gasteiger charge is 2.23. The molecule has 1 aliphatic rings. The van der Waals surface area contributed by atoms with Crippen LogP contribution in [0.1, 0.15) is 12.0 Å². The van der Waals surface area contributed by atoms with Gasteiger partial charge in [0.05, 0.1) is 5.69 Å². The van der Waals surface area contributed by atoms with E-state index in [9.17, 15) is 0 Å².